The second-order valence-corrected chi connectivity index (χ2v) is 5.73. The predicted molar refractivity (Wildman–Crippen MR) is 79.3 cm³/mol. The van der Waals surface area contributed by atoms with Gasteiger partial charge in [0.2, 0.25) is 5.91 Å². The van der Waals surface area contributed by atoms with Crippen molar-refractivity contribution in [3.05, 3.63) is 18.5 Å². The zero-order chi connectivity index (χ0) is 14.4. The molecule has 20 heavy (non-hydrogen) atoms. The van der Waals surface area contributed by atoms with Crippen LogP contribution in [0.4, 0.5) is 0 Å². The molecule has 0 aliphatic carbocycles. The van der Waals surface area contributed by atoms with Gasteiger partial charge in [-0.2, -0.15) is 5.10 Å². The molecule has 0 aromatic carbocycles. The van der Waals surface area contributed by atoms with Gasteiger partial charge in [0, 0.05) is 38.1 Å². The number of rotatable bonds is 6. The molecule has 0 spiro atoms. The lowest BCUT2D eigenvalue weighted by molar-refractivity contribution is -0.134. The SMILES string of the molecule is C[C@H](CCn1cccn1)N[C@@H](C)C(=O)N1CCCCC1. The summed E-state index contributed by atoms with van der Waals surface area (Å²) in [4.78, 5) is 14.3. The first kappa shape index (κ1) is 15.0. The molecule has 2 rings (SSSR count). The molecule has 2 heterocycles. The highest BCUT2D eigenvalue weighted by Gasteiger charge is 2.22. The Bertz CT molecular complexity index is 398. The number of amides is 1. The molecular weight excluding hydrogens is 252 g/mol. The Morgan fingerprint density at radius 1 is 1.30 bits per heavy atom. The van der Waals surface area contributed by atoms with E-state index in [0.29, 0.717) is 6.04 Å². The van der Waals surface area contributed by atoms with E-state index in [2.05, 4.69) is 17.3 Å². The molecule has 0 radical (unpaired) electrons. The minimum absolute atomic E-state index is 0.0966. The number of nitrogens with zero attached hydrogens (tertiary/aromatic N) is 3. The Labute approximate surface area is 121 Å². The Kier molecular flexibility index (Phi) is 5.59. The number of carbonyl (C=O) groups is 1. The summed E-state index contributed by atoms with van der Waals surface area (Å²) in [6, 6.07) is 2.14. The number of piperidine rings is 1. The molecule has 1 saturated heterocycles. The molecule has 1 aromatic heterocycles. The first-order valence-electron chi connectivity index (χ1n) is 7.69. The molecule has 5 nitrogen and oxygen atoms in total. The highest BCUT2D eigenvalue weighted by molar-refractivity contribution is 5.81. The minimum Gasteiger partial charge on any atom is -0.341 e. The van der Waals surface area contributed by atoms with Gasteiger partial charge in [-0.15, -0.1) is 0 Å². The van der Waals surface area contributed by atoms with Crippen molar-refractivity contribution >= 4 is 5.91 Å². The average molecular weight is 278 g/mol. The van der Waals surface area contributed by atoms with E-state index in [-0.39, 0.29) is 11.9 Å². The average Bonchev–Trinajstić information content (AvgIpc) is 2.98. The van der Waals surface area contributed by atoms with Gasteiger partial charge in [-0.3, -0.25) is 9.48 Å². The quantitative estimate of drug-likeness (QED) is 0.861. The number of nitrogens with one attached hydrogen (secondary N) is 1. The van der Waals surface area contributed by atoms with Crippen LogP contribution < -0.4 is 5.32 Å². The van der Waals surface area contributed by atoms with Crippen molar-refractivity contribution in [1.29, 1.82) is 0 Å². The first-order valence-corrected chi connectivity index (χ1v) is 7.69. The van der Waals surface area contributed by atoms with Crippen molar-refractivity contribution in [3.8, 4) is 0 Å². The molecule has 1 aliphatic heterocycles. The molecule has 1 fully saturated rings. The summed E-state index contributed by atoms with van der Waals surface area (Å²) in [6.45, 7) is 6.83. The van der Waals surface area contributed by atoms with Gasteiger partial charge in [0.25, 0.3) is 0 Å². The summed E-state index contributed by atoms with van der Waals surface area (Å²) in [7, 11) is 0. The van der Waals surface area contributed by atoms with Gasteiger partial charge in [0.1, 0.15) is 0 Å². The summed E-state index contributed by atoms with van der Waals surface area (Å²) in [6.07, 6.45) is 8.28. The highest BCUT2D eigenvalue weighted by atomic mass is 16.2. The highest BCUT2D eigenvalue weighted by Crippen LogP contribution is 2.10. The zero-order valence-electron chi connectivity index (χ0n) is 12.6. The number of hydrogen-bond acceptors (Lipinski definition) is 3. The lowest BCUT2D eigenvalue weighted by atomic mass is 10.1. The van der Waals surface area contributed by atoms with Crippen LogP contribution in [0, 0.1) is 0 Å². The van der Waals surface area contributed by atoms with E-state index >= 15 is 0 Å². The number of aryl methyl sites for hydroxylation is 1. The largest absolute Gasteiger partial charge is 0.341 e. The van der Waals surface area contributed by atoms with Gasteiger partial charge in [-0.05, 0) is 45.6 Å². The fourth-order valence-corrected chi connectivity index (χ4v) is 2.73. The molecule has 0 bridgehead atoms. The molecule has 1 aromatic rings. The number of likely N-dealkylation sites (tertiary alicyclic amines) is 1. The summed E-state index contributed by atoms with van der Waals surface area (Å²) in [5.41, 5.74) is 0. The third kappa shape index (κ3) is 4.34. The molecule has 5 heteroatoms. The summed E-state index contributed by atoms with van der Waals surface area (Å²) >= 11 is 0. The topological polar surface area (TPSA) is 50.2 Å². The van der Waals surface area contributed by atoms with Crippen LogP contribution in [0.1, 0.15) is 39.5 Å². The van der Waals surface area contributed by atoms with E-state index in [9.17, 15) is 4.79 Å². The maximum atomic E-state index is 12.3. The van der Waals surface area contributed by atoms with Crippen molar-refractivity contribution < 1.29 is 4.79 Å². The van der Waals surface area contributed by atoms with Gasteiger partial charge in [-0.25, -0.2) is 0 Å². The third-order valence-electron chi connectivity index (χ3n) is 3.92. The number of hydrogen-bond donors (Lipinski definition) is 1. The fraction of sp³-hybridized carbons (Fsp3) is 0.733. The second-order valence-electron chi connectivity index (χ2n) is 5.73. The number of aromatic nitrogens is 2. The van der Waals surface area contributed by atoms with Gasteiger partial charge in [0.15, 0.2) is 0 Å². The Hall–Kier alpha value is -1.36. The molecular formula is C15H26N4O. The van der Waals surface area contributed by atoms with Gasteiger partial charge >= 0.3 is 0 Å². The zero-order valence-corrected chi connectivity index (χ0v) is 12.6. The lowest BCUT2D eigenvalue weighted by Gasteiger charge is -2.30. The van der Waals surface area contributed by atoms with E-state index in [0.717, 1.165) is 38.9 Å². The van der Waals surface area contributed by atoms with Crippen LogP contribution in [0.5, 0.6) is 0 Å². The summed E-state index contributed by atoms with van der Waals surface area (Å²) in [5, 5.41) is 7.60. The third-order valence-corrected chi connectivity index (χ3v) is 3.92. The van der Waals surface area contributed by atoms with Crippen molar-refractivity contribution in [2.75, 3.05) is 13.1 Å². The molecule has 2 atom stereocenters. The summed E-state index contributed by atoms with van der Waals surface area (Å²) in [5.74, 6) is 0.246. The van der Waals surface area contributed by atoms with Crippen molar-refractivity contribution in [2.45, 2.75) is 58.2 Å². The minimum atomic E-state index is -0.0966. The van der Waals surface area contributed by atoms with E-state index in [1.807, 2.05) is 28.8 Å². The summed E-state index contributed by atoms with van der Waals surface area (Å²) < 4.78 is 1.93. The van der Waals surface area contributed by atoms with Crippen LogP contribution in [0.25, 0.3) is 0 Å². The fourth-order valence-electron chi connectivity index (χ4n) is 2.73. The van der Waals surface area contributed by atoms with E-state index in [1.165, 1.54) is 6.42 Å². The Morgan fingerprint density at radius 2 is 2.05 bits per heavy atom. The first-order chi connectivity index (χ1) is 9.66. The van der Waals surface area contributed by atoms with Crippen molar-refractivity contribution in [1.82, 2.24) is 20.0 Å². The normalized spacial score (nSPS) is 18.8. The van der Waals surface area contributed by atoms with E-state index < -0.39 is 0 Å². The lowest BCUT2D eigenvalue weighted by Crippen LogP contribution is -2.49. The van der Waals surface area contributed by atoms with E-state index in [4.69, 9.17) is 0 Å². The van der Waals surface area contributed by atoms with Crippen LogP contribution in [-0.4, -0.2) is 45.8 Å². The molecule has 112 valence electrons. The predicted octanol–water partition coefficient (Wildman–Crippen LogP) is 1.65. The maximum Gasteiger partial charge on any atom is 0.239 e. The Morgan fingerprint density at radius 3 is 2.70 bits per heavy atom. The van der Waals surface area contributed by atoms with Crippen molar-refractivity contribution in [2.24, 2.45) is 0 Å². The van der Waals surface area contributed by atoms with Gasteiger partial charge in [0.05, 0.1) is 6.04 Å². The van der Waals surface area contributed by atoms with Crippen LogP contribution in [0.2, 0.25) is 0 Å². The van der Waals surface area contributed by atoms with Crippen LogP contribution in [-0.2, 0) is 11.3 Å². The molecule has 1 aliphatic rings. The number of carbonyl (C=O) groups excluding carboxylic acids is 1. The monoisotopic (exact) mass is 278 g/mol. The van der Waals surface area contributed by atoms with Crippen LogP contribution >= 0.6 is 0 Å². The maximum absolute atomic E-state index is 12.3. The van der Waals surface area contributed by atoms with Crippen LogP contribution in [0.3, 0.4) is 0 Å². The van der Waals surface area contributed by atoms with Crippen LogP contribution in [0.15, 0.2) is 18.5 Å². The van der Waals surface area contributed by atoms with Gasteiger partial charge < -0.3 is 10.2 Å². The molecule has 1 N–H and O–H groups in total. The van der Waals surface area contributed by atoms with Crippen molar-refractivity contribution in [3.63, 3.8) is 0 Å². The van der Waals surface area contributed by atoms with Gasteiger partial charge in [-0.1, -0.05) is 0 Å². The standard InChI is InChI=1S/C15H26N4O/c1-13(7-12-19-11-6-8-16-19)17-14(2)15(20)18-9-4-3-5-10-18/h6,8,11,13-14,17H,3-5,7,9-10,12H2,1-2H3/t13-,14+/m1/s1. The Balaban J connectivity index is 1.72. The smallest absolute Gasteiger partial charge is 0.239 e. The molecule has 1 amide bonds. The second kappa shape index (κ2) is 7.43. The molecule has 0 unspecified atom stereocenters. The molecule has 0 saturated carbocycles. The van der Waals surface area contributed by atoms with E-state index in [1.54, 1.807) is 6.20 Å².